The average Bonchev–Trinajstić information content (AvgIpc) is 3.03. The van der Waals surface area contributed by atoms with Crippen LogP contribution in [0, 0.1) is 6.92 Å². The summed E-state index contributed by atoms with van der Waals surface area (Å²) in [4.78, 5) is 12.5. The molecule has 1 aromatic heterocycles. The molecule has 0 unspecified atom stereocenters. The number of ketones is 1. The summed E-state index contributed by atoms with van der Waals surface area (Å²) in [6.07, 6.45) is 0. The number of carbonyl (C=O) groups excluding carboxylic acids is 1. The van der Waals surface area contributed by atoms with Crippen molar-refractivity contribution < 1.29 is 9.90 Å². The second kappa shape index (κ2) is 6.84. The van der Waals surface area contributed by atoms with Crippen molar-refractivity contribution in [2.75, 3.05) is 0 Å². The van der Waals surface area contributed by atoms with Crippen LogP contribution in [0.15, 0.2) is 53.7 Å². The largest absolute Gasteiger partial charge is 0.508 e. The number of aromatic nitrogens is 4. The SMILES string of the molecule is Cc1ccc(C(=O)[C@H](C)Sc2nnnn2-c2ccc(O)cc2)cc1. The fourth-order valence-corrected chi connectivity index (χ4v) is 3.06. The van der Waals surface area contributed by atoms with Gasteiger partial charge in [-0.05, 0) is 48.5 Å². The van der Waals surface area contributed by atoms with Gasteiger partial charge >= 0.3 is 0 Å². The van der Waals surface area contributed by atoms with E-state index in [1.54, 1.807) is 28.9 Å². The Hall–Kier alpha value is -2.67. The molecule has 0 saturated carbocycles. The molecule has 0 aliphatic carbocycles. The highest BCUT2D eigenvalue weighted by atomic mass is 32.2. The molecule has 1 N–H and O–H groups in total. The highest BCUT2D eigenvalue weighted by Gasteiger charge is 2.20. The monoisotopic (exact) mass is 340 g/mol. The molecular weight excluding hydrogens is 324 g/mol. The predicted octanol–water partition coefficient (Wildman–Crippen LogP) is 3.04. The van der Waals surface area contributed by atoms with Crippen LogP contribution in [-0.2, 0) is 0 Å². The van der Waals surface area contributed by atoms with Crippen molar-refractivity contribution in [3.63, 3.8) is 0 Å². The molecule has 0 fully saturated rings. The number of nitrogens with zero attached hydrogens (tertiary/aromatic N) is 4. The van der Waals surface area contributed by atoms with E-state index in [2.05, 4.69) is 15.5 Å². The third-order valence-electron chi connectivity index (χ3n) is 3.52. The van der Waals surface area contributed by atoms with Gasteiger partial charge in [0.2, 0.25) is 5.16 Å². The second-order valence-corrected chi connectivity index (χ2v) is 6.69. The smallest absolute Gasteiger partial charge is 0.214 e. The molecule has 1 heterocycles. The molecule has 122 valence electrons. The molecule has 24 heavy (non-hydrogen) atoms. The zero-order chi connectivity index (χ0) is 17.1. The maximum absolute atomic E-state index is 12.5. The second-order valence-electron chi connectivity index (χ2n) is 5.38. The van der Waals surface area contributed by atoms with E-state index in [1.165, 1.54) is 11.8 Å². The van der Waals surface area contributed by atoms with Gasteiger partial charge in [0.1, 0.15) is 5.75 Å². The fraction of sp³-hybridized carbons (Fsp3) is 0.176. The Bertz CT molecular complexity index is 844. The maximum atomic E-state index is 12.5. The molecule has 3 aromatic rings. The van der Waals surface area contributed by atoms with E-state index in [0.717, 1.165) is 11.3 Å². The molecule has 3 rings (SSSR count). The number of benzene rings is 2. The van der Waals surface area contributed by atoms with Crippen molar-refractivity contribution in [1.29, 1.82) is 0 Å². The predicted molar refractivity (Wildman–Crippen MR) is 91.6 cm³/mol. The summed E-state index contributed by atoms with van der Waals surface area (Å²) in [6, 6.07) is 14.1. The van der Waals surface area contributed by atoms with Crippen LogP contribution < -0.4 is 0 Å². The number of aryl methyl sites for hydroxylation is 1. The first kappa shape index (κ1) is 16.2. The van der Waals surface area contributed by atoms with Gasteiger partial charge in [-0.1, -0.05) is 41.6 Å². The summed E-state index contributed by atoms with van der Waals surface area (Å²) >= 11 is 1.30. The zero-order valence-corrected chi connectivity index (χ0v) is 14.1. The van der Waals surface area contributed by atoms with Crippen LogP contribution >= 0.6 is 11.8 Å². The highest BCUT2D eigenvalue weighted by molar-refractivity contribution is 8.00. The van der Waals surface area contributed by atoms with Gasteiger partial charge in [0.15, 0.2) is 5.78 Å². The molecule has 0 amide bonds. The molecule has 1 atom stereocenters. The Morgan fingerprint density at radius 2 is 1.79 bits per heavy atom. The van der Waals surface area contributed by atoms with Crippen LogP contribution in [0.1, 0.15) is 22.8 Å². The lowest BCUT2D eigenvalue weighted by Crippen LogP contribution is -2.14. The van der Waals surface area contributed by atoms with E-state index in [1.807, 2.05) is 38.1 Å². The first-order chi connectivity index (χ1) is 11.5. The van der Waals surface area contributed by atoms with Crippen molar-refractivity contribution in [2.24, 2.45) is 0 Å². The summed E-state index contributed by atoms with van der Waals surface area (Å²) in [5.74, 6) is 0.198. The first-order valence-electron chi connectivity index (χ1n) is 7.40. The number of hydrogen-bond donors (Lipinski definition) is 1. The molecular formula is C17H16N4O2S. The van der Waals surface area contributed by atoms with Crippen molar-refractivity contribution in [3.05, 3.63) is 59.7 Å². The Kier molecular flexibility index (Phi) is 4.61. The third kappa shape index (κ3) is 3.46. The summed E-state index contributed by atoms with van der Waals surface area (Å²) < 4.78 is 1.54. The minimum Gasteiger partial charge on any atom is -0.508 e. The normalized spacial score (nSPS) is 12.1. The molecule has 0 bridgehead atoms. The molecule has 7 heteroatoms. The van der Waals surface area contributed by atoms with E-state index in [-0.39, 0.29) is 16.8 Å². The Balaban J connectivity index is 1.79. The molecule has 0 aliphatic rings. The topological polar surface area (TPSA) is 80.9 Å². The average molecular weight is 340 g/mol. The van der Waals surface area contributed by atoms with Gasteiger partial charge in [-0.25, -0.2) is 0 Å². The summed E-state index contributed by atoms with van der Waals surface area (Å²) in [5.41, 5.74) is 2.50. The Morgan fingerprint density at radius 3 is 2.46 bits per heavy atom. The Morgan fingerprint density at radius 1 is 1.12 bits per heavy atom. The van der Waals surface area contributed by atoms with Crippen LogP contribution in [0.2, 0.25) is 0 Å². The minimum absolute atomic E-state index is 0.0280. The summed E-state index contributed by atoms with van der Waals surface area (Å²) in [6.45, 7) is 3.82. The number of phenols is 1. The van der Waals surface area contributed by atoms with E-state index in [4.69, 9.17) is 0 Å². The van der Waals surface area contributed by atoms with Crippen LogP contribution in [0.3, 0.4) is 0 Å². The molecule has 6 nitrogen and oxygen atoms in total. The number of hydrogen-bond acceptors (Lipinski definition) is 6. The van der Waals surface area contributed by atoms with Crippen molar-refractivity contribution in [1.82, 2.24) is 20.2 Å². The highest BCUT2D eigenvalue weighted by Crippen LogP contribution is 2.26. The van der Waals surface area contributed by atoms with Crippen LogP contribution in [0.5, 0.6) is 5.75 Å². The van der Waals surface area contributed by atoms with Crippen molar-refractivity contribution >= 4 is 17.5 Å². The number of tetrazole rings is 1. The van der Waals surface area contributed by atoms with Gasteiger partial charge in [-0.15, -0.1) is 5.10 Å². The molecule has 0 radical (unpaired) electrons. The fourth-order valence-electron chi connectivity index (χ4n) is 2.17. The van der Waals surface area contributed by atoms with Crippen molar-refractivity contribution in [2.45, 2.75) is 24.3 Å². The van der Waals surface area contributed by atoms with Crippen LogP contribution in [-0.4, -0.2) is 36.3 Å². The lowest BCUT2D eigenvalue weighted by Gasteiger charge is -2.10. The van der Waals surface area contributed by atoms with Gasteiger partial charge in [0, 0.05) is 5.56 Å². The molecule has 0 spiro atoms. The third-order valence-corrected chi connectivity index (χ3v) is 4.56. The van der Waals surface area contributed by atoms with E-state index >= 15 is 0 Å². The number of Topliss-reactive ketones (excluding diaryl/α,β-unsaturated/α-hetero) is 1. The number of rotatable bonds is 5. The van der Waals surface area contributed by atoms with E-state index in [9.17, 15) is 9.90 Å². The van der Waals surface area contributed by atoms with Crippen LogP contribution in [0.25, 0.3) is 5.69 Å². The van der Waals surface area contributed by atoms with E-state index < -0.39 is 0 Å². The lowest BCUT2D eigenvalue weighted by molar-refractivity contribution is 0.0994. The Labute approximate surface area is 143 Å². The summed E-state index contributed by atoms with van der Waals surface area (Å²) in [5, 5.41) is 21.2. The van der Waals surface area contributed by atoms with Gasteiger partial charge in [-0.2, -0.15) is 4.68 Å². The quantitative estimate of drug-likeness (QED) is 0.568. The van der Waals surface area contributed by atoms with Crippen LogP contribution in [0.4, 0.5) is 0 Å². The lowest BCUT2D eigenvalue weighted by atomic mass is 10.1. The van der Waals surface area contributed by atoms with Gasteiger partial charge in [0.25, 0.3) is 0 Å². The van der Waals surface area contributed by atoms with E-state index in [0.29, 0.717) is 10.7 Å². The van der Waals surface area contributed by atoms with Gasteiger partial charge in [0.05, 0.1) is 10.9 Å². The van der Waals surface area contributed by atoms with Gasteiger partial charge in [-0.3, -0.25) is 4.79 Å². The zero-order valence-electron chi connectivity index (χ0n) is 13.2. The number of carbonyl (C=O) groups is 1. The molecule has 0 saturated heterocycles. The standard InChI is InChI=1S/C17H16N4O2S/c1-11-3-5-13(6-4-11)16(23)12(2)24-17-18-19-20-21(17)14-7-9-15(22)10-8-14/h3-10,12,22H,1-2H3/t12-/m0/s1. The summed E-state index contributed by atoms with van der Waals surface area (Å²) in [7, 11) is 0. The van der Waals surface area contributed by atoms with Crippen molar-refractivity contribution in [3.8, 4) is 11.4 Å². The number of aromatic hydroxyl groups is 1. The molecule has 2 aromatic carbocycles. The molecule has 0 aliphatic heterocycles. The number of phenolic OH excluding ortho intramolecular Hbond substituents is 1. The number of thioether (sulfide) groups is 1. The minimum atomic E-state index is -0.324. The van der Waals surface area contributed by atoms with Gasteiger partial charge < -0.3 is 5.11 Å². The maximum Gasteiger partial charge on any atom is 0.214 e. The first-order valence-corrected chi connectivity index (χ1v) is 8.28.